The molecule has 3 aromatic rings. The van der Waals surface area contributed by atoms with Crippen molar-refractivity contribution < 1.29 is 9.59 Å². The summed E-state index contributed by atoms with van der Waals surface area (Å²) in [6, 6.07) is 11.3. The van der Waals surface area contributed by atoms with Crippen molar-refractivity contribution in [3.63, 3.8) is 0 Å². The number of aromatic amines is 1. The smallest absolute Gasteiger partial charge is 0.266 e. The molecule has 0 radical (unpaired) electrons. The highest BCUT2D eigenvalue weighted by atomic mass is 32.2. The molecule has 0 bridgehead atoms. The standard InChI is InChI=1S/C21H19N3O2S3/c1-13(24-20(26)18(29-21(24)27)11-15-5-4-10-28-15)19(25)22-9-8-14-12-23-17-7-3-2-6-16(14)17/h2-7,10-13,23H,8-9H2,1H3,(H,22,25)/b18-11+/t13-/m1/s1. The number of rotatable bonds is 6. The lowest BCUT2D eigenvalue weighted by atomic mass is 10.1. The molecular weight excluding hydrogens is 422 g/mol. The van der Waals surface area contributed by atoms with Gasteiger partial charge in [-0.25, -0.2) is 0 Å². The number of benzene rings is 1. The first-order valence-corrected chi connectivity index (χ1v) is 11.3. The highest BCUT2D eigenvalue weighted by molar-refractivity contribution is 8.26. The van der Waals surface area contributed by atoms with Gasteiger partial charge in [-0.3, -0.25) is 14.5 Å². The number of thioether (sulfide) groups is 1. The molecule has 1 saturated heterocycles. The second-order valence-corrected chi connectivity index (χ2v) is 9.30. The number of thiocarbonyl (C=S) groups is 1. The second kappa shape index (κ2) is 8.52. The molecule has 0 unspecified atom stereocenters. The minimum Gasteiger partial charge on any atom is -0.361 e. The van der Waals surface area contributed by atoms with E-state index in [4.69, 9.17) is 12.2 Å². The second-order valence-electron chi connectivity index (χ2n) is 6.64. The fourth-order valence-corrected chi connectivity index (χ4v) is 5.38. The Morgan fingerprint density at radius 1 is 1.31 bits per heavy atom. The van der Waals surface area contributed by atoms with Crippen LogP contribution in [-0.2, 0) is 16.0 Å². The fraction of sp³-hybridized carbons (Fsp3) is 0.190. The zero-order valence-corrected chi connectivity index (χ0v) is 18.1. The summed E-state index contributed by atoms with van der Waals surface area (Å²) in [5, 5.41) is 6.04. The Bertz CT molecular complexity index is 1100. The van der Waals surface area contributed by atoms with Crippen LogP contribution in [0.3, 0.4) is 0 Å². The molecule has 0 saturated carbocycles. The van der Waals surface area contributed by atoms with Crippen LogP contribution >= 0.6 is 35.3 Å². The maximum atomic E-state index is 12.8. The van der Waals surface area contributed by atoms with Gasteiger partial charge in [0.15, 0.2) is 0 Å². The molecule has 1 aliphatic heterocycles. The molecule has 5 nitrogen and oxygen atoms in total. The van der Waals surface area contributed by atoms with Crippen molar-refractivity contribution >= 4 is 68.4 Å². The van der Waals surface area contributed by atoms with Gasteiger partial charge in [-0.1, -0.05) is 48.2 Å². The third-order valence-electron chi connectivity index (χ3n) is 4.78. The maximum absolute atomic E-state index is 12.8. The number of carbonyl (C=O) groups is 2. The van der Waals surface area contributed by atoms with Crippen LogP contribution in [0.15, 0.2) is 52.9 Å². The highest BCUT2D eigenvalue weighted by Crippen LogP contribution is 2.34. The van der Waals surface area contributed by atoms with Gasteiger partial charge >= 0.3 is 0 Å². The number of aromatic nitrogens is 1. The summed E-state index contributed by atoms with van der Waals surface area (Å²) in [6.45, 7) is 2.20. The first kappa shape index (κ1) is 19.9. The normalized spacial score (nSPS) is 16.7. The van der Waals surface area contributed by atoms with Crippen molar-refractivity contribution in [1.82, 2.24) is 15.2 Å². The summed E-state index contributed by atoms with van der Waals surface area (Å²) in [5.74, 6) is -0.425. The van der Waals surface area contributed by atoms with Crippen LogP contribution in [0.5, 0.6) is 0 Å². The van der Waals surface area contributed by atoms with Crippen molar-refractivity contribution in [2.45, 2.75) is 19.4 Å². The zero-order chi connectivity index (χ0) is 20.4. The lowest BCUT2D eigenvalue weighted by molar-refractivity contribution is -0.132. The summed E-state index contributed by atoms with van der Waals surface area (Å²) in [5.41, 5.74) is 2.23. The molecule has 1 aromatic carbocycles. The third-order valence-corrected chi connectivity index (χ3v) is 6.93. The van der Waals surface area contributed by atoms with E-state index in [9.17, 15) is 9.59 Å². The Kier molecular flexibility index (Phi) is 5.84. The monoisotopic (exact) mass is 441 g/mol. The van der Waals surface area contributed by atoms with E-state index in [1.165, 1.54) is 16.7 Å². The minimum atomic E-state index is -0.653. The number of para-hydroxylation sites is 1. The molecule has 4 rings (SSSR count). The maximum Gasteiger partial charge on any atom is 0.266 e. The van der Waals surface area contributed by atoms with E-state index in [2.05, 4.69) is 16.4 Å². The lowest BCUT2D eigenvalue weighted by Gasteiger charge is -2.22. The first-order valence-electron chi connectivity index (χ1n) is 9.18. The quantitative estimate of drug-likeness (QED) is 0.445. The number of H-pyrrole nitrogens is 1. The topological polar surface area (TPSA) is 65.2 Å². The molecule has 1 fully saturated rings. The van der Waals surface area contributed by atoms with E-state index in [0.717, 1.165) is 21.3 Å². The molecule has 3 heterocycles. The van der Waals surface area contributed by atoms with Crippen molar-refractivity contribution in [3.05, 3.63) is 63.3 Å². The van der Waals surface area contributed by atoms with Crippen LogP contribution < -0.4 is 5.32 Å². The van der Waals surface area contributed by atoms with E-state index < -0.39 is 6.04 Å². The number of fused-ring (bicyclic) bond motifs is 1. The summed E-state index contributed by atoms with van der Waals surface area (Å²) in [6.07, 6.45) is 4.50. The van der Waals surface area contributed by atoms with Crippen molar-refractivity contribution in [2.24, 2.45) is 0 Å². The minimum absolute atomic E-state index is 0.210. The molecule has 0 spiro atoms. The average molecular weight is 442 g/mol. The predicted molar refractivity (Wildman–Crippen MR) is 124 cm³/mol. The number of hydrogen-bond acceptors (Lipinski definition) is 5. The van der Waals surface area contributed by atoms with Gasteiger partial charge in [-0.15, -0.1) is 11.3 Å². The zero-order valence-electron chi connectivity index (χ0n) is 15.7. The van der Waals surface area contributed by atoms with Crippen LogP contribution in [0.4, 0.5) is 0 Å². The number of thiophene rings is 1. The molecule has 2 amide bonds. The van der Waals surface area contributed by atoms with Crippen LogP contribution in [0.25, 0.3) is 17.0 Å². The van der Waals surface area contributed by atoms with Gasteiger partial charge in [0, 0.05) is 28.5 Å². The molecule has 8 heteroatoms. The van der Waals surface area contributed by atoms with E-state index in [1.807, 2.05) is 48.0 Å². The van der Waals surface area contributed by atoms with Crippen molar-refractivity contribution in [3.8, 4) is 0 Å². The summed E-state index contributed by atoms with van der Waals surface area (Å²) in [7, 11) is 0. The fourth-order valence-electron chi connectivity index (χ4n) is 3.24. The Labute approximate surface area is 182 Å². The summed E-state index contributed by atoms with van der Waals surface area (Å²) >= 11 is 8.16. The van der Waals surface area contributed by atoms with Gasteiger partial charge in [0.05, 0.1) is 4.91 Å². The molecule has 1 atom stereocenters. The molecule has 29 heavy (non-hydrogen) atoms. The first-order chi connectivity index (χ1) is 14.0. The van der Waals surface area contributed by atoms with Crippen LogP contribution in [0.1, 0.15) is 17.4 Å². The Balaban J connectivity index is 1.37. The van der Waals surface area contributed by atoms with Gasteiger partial charge in [0.25, 0.3) is 5.91 Å². The van der Waals surface area contributed by atoms with Crippen molar-refractivity contribution in [1.29, 1.82) is 0 Å². The third kappa shape index (κ3) is 4.14. The Hall–Kier alpha value is -2.42. The molecule has 148 valence electrons. The highest BCUT2D eigenvalue weighted by Gasteiger charge is 2.38. The van der Waals surface area contributed by atoms with E-state index in [1.54, 1.807) is 18.3 Å². The number of hydrogen-bond donors (Lipinski definition) is 2. The number of nitrogens with zero attached hydrogens (tertiary/aromatic N) is 1. The van der Waals surface area contributed by atoms with Crippen LogP contribution in [0.2, 0.25) is 0 Å². The Morgan fingerprint density at radius 3 is 2.93 bits per heavy atom. The van der Waals surface area contributed by atoms with E-state index in [-0.39, 0.29) is 11.8 Å². The molecule has 2 aromatic heterocycles. The van der Waals surface area contributed by atoms with Crippen molar-refractivity contribution in [2.75, 3.05) is 6.54 Å². The number of amides is 2. The molecular formula is C21H19N3O2S3. The van der Waals surface area contributed by atoms with Gasteiger partial charge in [0.2, 0.25) is 5.91 Å². The Morgan fingerprint density at radius 2 is 2.14 bits per heavy atom. The largest absolute Gasteiger partial charge is 0.361 e. The lowest BCUT2D eigenvalue weighted by Crippen LogP contribution is -2.47. The van der Waals surface area contributed by atoms with Gasteiger partial charge in [-0.2, -0.15) is 0 Å². The summed E-state index contributed by atoms with van der Waals surface area (Å²) in [4.78, 5) is 31.6. The van der Waals surface area contributed by atoms with Crippen LogP contribution in [-0.4, -0.2) is 38.6 Å². The number of carbonyl (C=O) groups excluding carboxylic acids is 2. The predicted octanol–water partition coefficient (Wildman–Crippen LogP) is 4.18. The van der Waals surface area contributed by atoms with E-state index in [0.29, 0.717) is 22.2 Å². The van der Waals surface area contributed by atoms with Gasteiger partial charge in [0.1, 0.15) is 10.4 Å². The number of nitrogens with one attached hydrogen (secondary N) is 2. The average Bonchev–Trinajstić information content (AvgIpc) is 3.43. The molecule has 2 N–H and O–H groups in total. The molecule has 0 aliphatic carbocycles. The van der Waals surface area contributed by atoms with Gasteiger partial charge in [-0.05, 0) is 42.5 Å². The summed E-state index contributed by atoms with van der Waals surface area (Å²) < 4.78 is 0.414. The van der Waals surface area contributed by atoms with Crippen LogP contribution in [0, 0.1) is 0 Å². The molecule has 1 aliphatic rings. The van der Waals surface area contributed by atoms with E-state index >= 15 is 0 Å². The van der Waals surface area contributed by atoms with Gasteiger partial charge < -0.3 is 10.3 Å². The SMILES string of the molecule is C[C@H](C(=O)NCCc1c[nH]c2ccccc12)N1C(=O)/C(=C\c2cccs2)SC1=S.